The van der Waals surface area contributed by atoms with Crippen molar-refractivity contribution in [2.24, 2.45) is 0 Å². The van der Waals surface area contributed by atoms with Crippen molar-refractivity contribution in [1.82, 2.24) is 24.1 Å². The van der Waals surface area contributed by atoms with Gasteiger partial charge < -0.3 is 4.74 Å². The molecule has 0 N–H and O–H groups in total. The Balaban J connectivity index is 1.03. The number of benzene rings is 12. The zero-order valence-electron chi connectivity index (χ0n) is 67.1. The summed E-state index contributed by atoms with van der Waals surface area (Å²) in [6.45, 7) is 0. The van der Waals surface area contributed by atoms with Crippen molar-refractivity contribution in [3.8, 4) is 57.0 Å². The molecule has 17 rings (SSSR count). The van der Waals surface area contributed by atoms with E-state index in [-0.39, 0.29) is 32.4 Å². The van der Waals surface area contributed by atoms with Gasteiger partial charge in [-0.3, -0.25) is 9.13 Å². The molecule has 12 aromatic carbocycles. The van der Waals surface area contributed by atoms with Gasteiger partial charge in [0, 0.05) is 43.8 Å². The third-order valence-corrected chi connectivity index (χ3v) is 20.3. The lowest BCUT2D eigenvalue weighted by Crippen LogP contribution is -2.74. The SMILES string of the molecule is [2H]c1c([2H])c(-c2nc(-n3c4c([2H])c([2H])c([2H])c([2H])c4c4c([2H])c([2H])c([2H])c([2H])c43)nc(-n3c4c([2H])c([2H])c([2H])c([2H])c4c4c([2H])c([2H])c([2H])c([2H])c43)n2)c([2H])c([Si](c2ccccc2)(c2ccccc2)c2c([2H])c([2H])c([2H])c(-c3cccc4c3Oc3ccccc3C43c4ccccc4-c4ccccc43)c2[2H])c1[2H]. The minimum atomic E-state index is -5.13. The molecule has 2 aliphatic rings. The van der Waals surface area contributed by atoms with Gasteiger partial charge in [0.15, 0.2) is 13.9 Å². The third kappa shape index (κ3) is 6.80. The average molecular weight is 1100 g/mol. The largest absolute Gasteiger partial charge is 0.456 e. The first-order valence-corrected chi connectivity index (χ1v) is 28.4. The van der Waals surface area contributed by atoms with E-state index in [4.69, 9.17) is 30.7 Å². The fourth-order valence-corrected chi connectivity index (χ4v) is 16.8. The van der Waals surface area contributed by atoms with Gasteiger partial charge in [0.2, 0.25) is 11.9 Å². The van der Waals surface area contributed by atoms with Gasteiger partial charge in [-0.05, 0) is 78.8 Å². The Bertz CT molecular complexity index is 6150. The molecule has 1 aliphatic carbocycles. The lowest BCUT2D eigenvalue weighted by molar-refractivity contribution is 0.438. The summed E-state index contributed by atoms with van der Waals surface area (Å²) in [6, 6.07) is 26.3. The Labute approximate surface area is 514 Å². The van der Waals surface area contributed by atoms with Crippen LogP contribution in [0, 0.1) is 0 Å². The van der Waals surface area contributed by atoms with Crippen LogP contribution < -0.4 is 25.5 Å². The molecule has 388 valence electrons. The van der Waals surface area contributed by atoms with E-state index in [1.807, 2.05) is 66.7 Å². The van der Waals surface area contributed by atoms with Crippen molar-refractivity contribution < 1.29 is 37.6 Å². The van der Waals surface area contributed by atoms with Crippen molar-refractivity contribution >= 4 is 72.4 Å². The van der Waals surface area contributed by atoms with Gasteiger partial charge in [0.1, 0.15) is 11.5 Å². The van der Waals surface area contributed by atoms with E-state index in [2.05, 4.69) is 12.1 Å². The van der Waals surface area contributed by atoms with Crippen molar-refractivity contribution in [3.05, 3.63) is 319 Å². The Kier molecular flexibility index (Phi) is 6.46. The van der Waals surface area contributed by atoms with Gasteiger partial charge in [0.25, 0.3) is 0 Å². The van der Waals surface area contributed by atoms with Crippen molar-refractivity contribution in [3.63, 3.8) is 0 Å². The molecule has 3 aromatic heterocycles. The van der Waals surface area contributed by atoms with Gasteiger partial charge in [-0.2, -0.15) is 15.0 Å². The minimum absolute atomic E-state index is 0.164. The van der Waals surface area contributed by atoms with Crippen LogP contribution in [-0.4, -0.2) is 32.2 Å². The summed E-state index contributed by atoms with van der Waals surface area (Å²) < 4.78 is 239. The molecular weight excluding hydrogens is 1030 g/mol. The maximum atomic E-state index is 11.1. The standard InChI is InChI=1S/C76H49N5OSi/c1-3-26-52(27-4-1)83(53-28-5-2-6-29-53,54-30-21-24-50(48-54)56-38-23-42-66-72(56)82-71-47-20-15-41-65(71)76(66)63-39-13-7-32-57(63)58-33-8-14-40-64(58)76)55-31-22-25-51(49-55)73-77-74(80-67-43-16-9-34-59(67)60-35-10-17-44-68(60)80)79-75(78-73)81-69-45-18-11-36-61(69)62-37-12-19-46-70(62)81/h1-49H/i9D,10D,11D,12D,16D,17D,18D,19D,21D,22D,24D,25D,30D,31D,34D,35D,36D,37D,43D,44D,45D,46D,48D,49D. The molecule has 0 amide bonds. The van der Waals surface area contributed by atoms with Crippen LogP contribution in [0.3, 0.4) is 0 Å². The van der Waals surface area contributed by atoms with Crippen LogP contribution in [0.4, 0.5) is 0 Å². The number of para-hydroxylation sites is 6. The number of nitrogens with zero attached hydrogens (tertiary/aromatic N) is 5. The van der Waals surface area contributed by atoms with Crippen molar-refractivity contribution in [2.75, 3.05) is 0 Å². The van der Waals surface area contributed by atoms with Crippen molar-refractivity contribution in [1.29, 1.82) is 0 Å². The van der Waals surface area contributed by atoms with Crippen LogP contribution in [-0.2, 0) is 5.41 Å². The maximum absolute atomic E-state index is 11.1. The normalized spacial score (nSPS) is 17.1. The predicted molar refractivity (Wildman–Crippen MR) is 340 cm³/mol. The highest BCUT2D eigenvalue weighted by atomic mass is 28.3. The highest BCUT2D eigenvalue weighted by Gasteiger charge is 2.51. The van der Waals surface area contributed by atoms with Crippen LogP contribution in [0.1, 0.15) is 55.2 Å². The highest BCUT2D eigenvalue weighted by molar-refractivity contribution is 7.20. The zero-order valence-corrected chi connectivity index (χ0v) is 44.1. The molecule has 0 radical (unpaired) electrons. The number of hydrogen-bond acceptors (Lipinski definition) is 4. The van der Waals surface area contributed by atoms with Gasteiger partial charge in [-0.25, -0.2) is 0 Å². The maximum Gasteiger partial charge on any atom is 0.240 e. The lowest BCUT2D eigenvalue weighted by atomic mass is 9.65. The molecule has 0 saturated heterocycles. The Hall–Kier alpha value is -10.7. The lowest BCUT2D eigenvalue weighted by Gasteiger charge is -2.40. The van der Waals surface area contributed by atoms with Crippen LogP contribution >= 0.6 is 0 Å². The Morgan fingerprint density at radius 2 is 0.771 bits per heavy atom. The van der Waals surface area contributed by atoms with E-state index in [9.17, 15) is 21.9 Å². The van der Waals surface area contributed by atoms with Crippen molar-refractivity contribution in [2.45, 2.75) is 5.41 Å². The molecule has 7 heteroatoms. The smallest absolute Gasteiger partial charge is 0.240 e. The molecule has 0 atom stereocenters. The second kappa shape index (κ2) is 18.4. The molecule has 83 heavy (non-hydrogen) atoms. The number of hydrogen-bond donors (Lipinski definition) is 0. The van der Waals surface area contributed by atoms with E-state index in [0.29, 0.717) is 11.3 Å². The van der Waals surface area contributed by atoms with E-state index in [1.165, 1.54) is 0 Å². The summed E-state index contributed by atoms with van der Waals surface area (Å²) >= 11 is 0. The second-order valence-electron chi connectivity index (χ2n) is 19.9. The molecule has 15 aromatic rings. The molecule has 4 heterocycles. The molecular formula is C76H49N5OSi. The van der Waals surface area contributed by atoms with Crippen LogP contribution in [0.2, 0.25) is 0 Å². The molecule has 0 unspecified atom stereocenters. The topological polar surface area (TPSA) is 57.8 Å². The summed E-state index contributed by atoms with van der Waals surface area (Å²) in [5, 5.41) is -2.06. The molecule has 1 aliphatic heterocycles. The Morgan fingerprint density at radius 1 is 0.349 bits per heavy atom. The van der Waals surface area contributed by atoms with Gasteiger partial charge in [0.05, 0.1) is 60.4 Å². The summed E-state index contributed by atoms with van der Waals surface area (Å²) in [5.74, 6) is -1.90. The zero-order chi connectivity index (χ0) is 75.5. The molecule has 0 saturated carbocycles. The van der Waals surface area contributed by atoms with Gasteiger partial charge in [-0.1, -0.05) is 266 Å². The first kappa shape index (κ1) is 29.1. The first-order chi connectivity index (χ1) is 51.2. The average Bonchev–Trinajstić information content (AvgIpc) is 1.69. The highest BCUT2D eigenvalue weighted by Crippen LogP contribution is 2.63. The monoisotopic (exact) mass is 1100 g/mol. The number of ether oxygens (including phenoxy) is 1. The minimum Gasteiger partial charge on any atom is -0.456 e. The number of rotatable bonds is 8. The molecule has 0 bridgehead atoms. The third-order valence-electron chi connectivity index (χ3n) is 15.9. The van der Waals surface area contributed by atoms with Crippen LogP contribution in [0.15, 0.2) is 297 Å². The number of aromatic nitrogens is 5. The van der Waals surface area contributed by atoms with Gasteiger partial charge in [-0.15, -0.1) is 0 Å². The molecule has 0 fully saturated rings. The fourth-order valence-electron chi connectivity index (χ4n) is 12.5. The fraction of sp³-hybridized carbons (Fsp3) is 0.0132. The summed E-state index contributed by atoms with van der Waals surface area (Å²) in [7, 11) is -5.13. The number of fused-ring (bicyclic) bond motifs is 15. The van der Waals surface area contributed by atoms with Crippen LogP contribution in [0.5, 0.6) is 11.5 Å². The van der Waals surface area contributed by atoms with Gasteiger partial charge >= 0.3 is 0 Å². The molecule has 6 nitrogen and oxygen atoms in total. The van der Waals surface area contributed by atoms with E-state index in [0.717, 1.165) is 37.0 Å². The molecule has 1 spiro atoms. The summed E-state index contributed by atoms with van der Waals surface area (Å²) in [4.78, 5) is 14.6. The van der Waals surface area contributed by atoms with Crippen LogP contribution in [0.25, 0.3) is 89.2 Å². The first-order valence-electron chi connectivity index (χ1n) is 38.4. The predicted octanol–water partition coefficient (Wildman–Crippen LogP) is 15.2. The second-order valence-corrected chi connectivity index (χ2v) is 23.6. The van der Waals surface area contributed by atoms with E-state index in [1.54, 1.807) is 72.8 Å². The Morgan fingerprint density at radius 3 is 1.30 bits per heavy atom. The summed E-state index contributed by atoms with van der Waals surface area (Å²) in [5.41, 5.74) is 1.07. The van der Waals surface area contributed by atoms with E-state index < -0.39 is 231 Å². The van der Waals surface area contributed by atoms with E-state index >= 15 is 0 Å². The summed E-state index contributed by atoms with van der Waals surface area (Å²) in [6.07, 6.45) is 0. The quantitative estimate of drug-likeness (QED) is 0.112.